The highest BCUT2D eigenvalue weighted by Crippen LogP contribution is 2.51. The molecule has 1 heterocycles. The van der Waals surface area contributed by atoms with Crippen LogP contribution in [0.25, 0.3) is 0 Å². The van der Waals surface area contributed by atoms with Gasteiger partial charge in [0, 0.05) is 5.02 Å². The molecule has 124 valence electrons. The van der Waals surface area contributed by atoms with E-state index in [1.165, 1.54) is 7.11 Å². The van der Waals surface area contributed by atoms with Crippen LogP contribution in [0.5, 0.6) is 0 Å². The van der Waals surface area contributed by atoms with Gasteiger partial charge in [-0.3, -0.25) is 4.79 Å². The van der Waals surface area contributed by atoms with Crippen molar-refractivity contribution in [2.75, 3.05) is 7.11 Å². The minimum atomic E-state index is -0.569. The number of hydrogen-bond donors (Lipinski definition) is 0. The minimum absolute atomic E-state index is 0.220. The van der Waals surface area contributed by atoms with Gasteiger partial charge in [-0.05, 0) is 57.6 Å². The molecule has 1 aromatic rings. The summed E-state index contributed by atoms with van der Waals surface area (Å²) in [5.41, 5.74) is 0.323. The van der Waals surface area contributed by atoms with Crippen molar-refractivity contribution in [1.29, 1.82) is 0 Å². The number of carbonyl (C=O) groups excluding carboxylic acids is 1. The van der Waals surface area contributed by atoms with Crippen molar-refractivity contribution in [2.45, 2.75) is 57.2 Å². The van der Waals surface area contributed by atoms with Crippen LogP contribution < -0.4 is 5.46 Å². The van der Waals surface area contributed by atoms with Gasteiger partial charge in [-0.1, -0.05) is 23.7 Å². The third kappa shape index (κ3) is 2.59. The Hall–Kier alpha value is -1.04. The maximum atomic E-state index is 12.0. The second-order valence-electron chi connectivity index (χ2n) is 7.40. The topological polar surface area (TPSA) is 44.8 Å². The lowest BCUT2D eigenvalue weighted by atomic mass is 9.78. The zero-order valence-electron chi connectivity index (χ0n) is 14.2. The van der Waals surface area contributed by atoms with Crippen molar-refractivity contribution < 1.29 is 18.8 Å². The average molecular weight is 337 g/mol. The van der Waals surface area contributed by atoms with Crippen molar-refractivity contribution in [2.24, 2.45) is 0 Å². The Labute approximate surface area is 142 Å². The van der Waals surface area contributed by atoms with E-state index in [0.29, 0.717) is 5.02 Å². The van der Waals surface area contributed by atoms with Gasteiger partial charge >= 0.3 is 13.1 Å². The number of hydrogen-bond acceptors (Lipinski definition) is 4. The first-order valence-corrected chi connectivity index (χ1v) is 8.25. The van der Waals surface area contributed by atoms with E-state index in [0.717, 1.165) is 23.9 Å². The highest BCUT2D eigenvalue weighted by Gasteiger charge is 2.54. The first kappa shape index (κ1) is 16.8. The highest BCUT2D eigenvalue weighted by molar-refractivity contribution is 6.62. The summed E-state index contributed by atoms with van der Waals surface area (Å²) in [6, 6.07) is 5.65. The van der Waals surface area contributed by atoms with Crippen LogP contribution in [0, 0.1) is 0 Å². The summed E-state index contributed by atoms with van der Waals surface area (Å²) in [6.07, 6.45) is 1.55. The van der Waals surface area contributed by atoms with Gasteiger partial charge in [0.05, 0.1) is 23.7 Å². The van der Waals surface area contributed by atoms with Gasteiger partial charge < -0.3 is 14.0 Å². The number of rotatable bonds is 3. The summed E-state index contributed by atoms with van der Waals surface area (Å²) in [6.45, 7) is 8.05. The van der Waals surface area contributed by atoms with E-state index in [9.17, 15) is 4.79 Å². The average Bonchev–Trinajstić information content (AvgIpc) is 3.22. The Balaban J connectivity index is 1.89. The first-order chi connectivity index (χ1) is 10.6. The highest BCUT2D eigenvalue weighted by atomic mass is 35.5. The molecule has 0 radical (unpaired) electrons. The Morgan fingerprint density at radius 2 is 1.74 bits per heavy atom. The zero-order chi connectivity index (χ0) is 17.0. The quantitative estimate of drug-likeness (QED) is 0.629. The van der Waals surface area contributed by atoms with E-state index in [2.05, 4.69) is 0 Å². The molecular weight excluding hydrogens is 314 g/mol. The fraction of sp³-hybridized carbons (Fsp3) is 0.588. The number of halogens is 1. The maximum absolute atomic E-state index is 12.0. The minimum Gasteiger partial charge on any atom is -0.468 e. The number of carbonyl (C=O) groups is 1. The van der Waals surface area contributed by atoms with E-state index in [1.807, 2.05) is 45.9 Å². The van der Waals surface area contributed by atoms with Gasteiger partial charge in [0.1, 0.15) is 0 Å². The number of esters is 1. The molecule has 0 amide bonds. The van der Waals surface area contributed by atoms with E-state index in [1.54, 1.807) is 0 Å². The maximum Gasteiger partial charge on any atom is 0.494 e. The summed E-state index contributed by atoms with van der Waals surface area (Å²) in [7, 11) is 0.953. The molecule has 1 saturated carbocycles. The van der Waals surface area contributed by atoms with Gasteiger partial charge in [-0.2, -0.15) is 0 Å². The van der Waals surface area contributed by atoms with Gasteiger partial charge in [0.2, 0.25) is 0 Å². The first-order valence-electron chi connectivity index (χ1n) is 7.87. The summed E-state index contributed by atoms with van der Waals surface area (Å²) >= 11 is 6.46. The Morgan fingerprint density at radius 1 is 1.17 bits per heavy atom. The zero-order valence-corrected chi connectivity index (χ0v) is 15.0. The van der Waals surface area contributed by atoms with Crippen LogP contribution in [0.1, 0.15) is 46.1 Å². The van der Waals surface area contributed by atoms with Crippen molar-refractivity contribution in [3.63, 3.8) is 0 Å². The third-order valence-corrected chi connectivity index (χ3v) is 5.67. The molecule has 0 aromatic heterocycles. The molecule has 2 aliphatic rings. The molecule has 4 nitrogen and oxygen atoms in total. The van der Waals surface area contributed by atoms with Gasteiger partial charge in [0.15, 0.2) is 0 Å². The molecule has 23 heavy (non-hydrogen) atoms. The predicted octanol–water partition coefficient (Wildman–Crippen LogP) is 2.84. The van der Waals surface area contributed by atoms with E-state index in [4.69, 9.17) is 25.6 Å². The Morgan fingerprint density at radius 3 is 2.17 bits per heavy atom. The van der Waals surface area contributed by atoms with Crippen molar-refractivity contribution in [1.82, 2.24) is 0 Å². The van der Waals surface area contributed by atoms with E-state index in [-0.39, 0.29) is 5.97 Å². The predicted molar refractivity (Wildman–Crippen MR) is 90.1 cm³/mol. The largest absolute Gasteiger partial charge is 0.494 e. The van der Waals surface area contributed by atoms with Crippen LogP contribution in [0.2, 0.25) is 5.02 Å². The molecule has 0 atom stereocenters. The fourth-order valence-electron chi connectivity index (χ4n) is 2.95. The third-order valence-electron chi connectivity index (χ3n) is 5.36. The van der Waals surface area contributed by atoms with Crippen molar-refractivity contribution >= 4 is 30.2 Å². The molecule has 0 unspecified atom stereocenters. The van der Waals surface area contributed by atoms with Crippen molar-refractivity contribution in [3.8, 4) is 0 Å². The summed E-state index contributed by atoms with van der Waals surface area (Å²) in [5, 5.41) is 0.556. The van der Waals surface area contributed by atoms with Crippen LogP contribution in [0.3, 0.4) is 0 Å². The fourth-order valence-corrected chi connectivity index (χ4v) is 3.32. The normalized spacial score (nSPS) is 23.7. The molecule has 0 N–H and O–H groups in total. The molecule has 1 aromatic carbocycles. The lowest BCUT2D eigenvalue weighted by Gasteiger charge is -2.32. The monoisotopic (exact) mass is 336 g/mol. The lowest BCUT2D eigenvalue weighted by Crippen LogP contribution is -2.41. The molecule has 0 bridgehead atoms. The van der Waals surface area contributed by atoms with Crippen LogP contribution in [0.15, 0.2) is 18.2 Å². The SMILES string of the molecule is COC(=O)C1(c2ccc(B3OC(C)(C)C(C)(C)O3)cc2Cl)CC1. The number of benzene rings is 1. The standard InChI is InChI=1S/C17H22BClO4/c1-15(2)16(3,4)23-18(22-15)11-6-7-12(13(19)10-11)17(8-9-17)14(20)21-5/h6-7,10H,8-9H2,1-5H3. The smallest absolute Gasteiger partial charge is 0.468 e. The van der Waals surface area contributed by atoms with Crippen molar-refractivity contribution in [3.05, 3.63) is 28.8 Å². The van der Waals surface area contributed by atoms with Crippen LogP contribution >= 0.6 is 11.6 Å². The molecular formula is C17H22BClO4. The molecule has 6 heteroatoms. The molecule has 0 spiro atoms. The lowest BCUT2D eigenvalue weighted by molar-refractivity contribution is -0.143. The van der Waals surface area contributed by atoms with Gasteiger partial charge in [0.25, 0.3) is 0 Å². The van der Waals surface area contributed by atoms with E-state index >= 15 is 0 Å². The molecule has 1 saturated heterocycles. The van der Waals surface area contributed by atoms with Gasteiger partial charge in [-0.15, -0.1) is 0 Å². The van der Waals surface area contributed by atoms with Crippen LogP contribution in [0.4, 0.5) is 0 Å². The Kier molecular flexibility index (Phi) is 3.82. The summed E-state index contributed by atoms with van der Waals surface area (Å²) in [5.74, 6) is -0.220. The summed E-state index contributed by atoms with van der Waals surface area (Å²) in [4.78, 5) is 12.0. The second-order valence-corrected chi connectivity index (χ2v) is 7.81. The second kappa shape index (κ2) is 5.23. The Bertz CT molecular complexity index is 636. The molecule has 2 fully saturated rings. The van der Waals surface area contributed by atoms with Crippen LogP contribution in [-0.2, 0) is 24.3 Å². The molecule has 1 aliphatic heterocycles. The molecule has 3 rings (SSSR count). The van der Waals surface area contributed by atoms with Gasteiger partial charge in [-0.25, -0.2) is 0 Å². The summed E-state index contributed by atoms with van der Waals surface area (Å²) < 4.78 is 17.0. The van der Waals surface area contributed by atoms with E-state index < -0.39 is 23.7 Å². The van der Waals surface area contributed by atoms with Crippen LogP contribution in [-0.4, -0.2) is 31.4 Å². The number of ether oxygens (including phenoxy) is 1. The number of methoxy groups -OCH3 is 1. The molecule has 1 aliphatic carbocycles.